The molecule has 1 saturated carbocycles. The van der Waals surface area contributed by atoms with Gasteiger partial charge in [-0.1, -0.05) is 0 Å². The average molecular weight is 284 g/mol. The standard InChI is InChI=1S/C17H20N2O2/c1-20-16-7-6-14(19-13-8-10-18-11-9-13)12-17(16)21-15-4-2-3-5-15/h6-12,15H,2-5H2,1H3,(H,18,19). The molecule has 0 atom stereocenters. The number of anilines is 2. The number of hydrogen-bond acceptors (Lipinski definition) is 4. The highest BCUT2D eigenvalue weighted by atomic mass is 16.5. The number of methoxy groups -OCH3 is 1. The highest BCUT2D eigenvalue weighted by Gasteiger charge is 2.18. The predicted octanol–water partition coefficient (Wildman–Crippen LogP) is 4.16. The summed E-state index contributed by atoms with van der Waals surface area (Å²) in [5.41, 5.74) is 1.98. The van der Waals surface area contributed by atoms with Gasteiger partial charge in [0.15, 0.2) is 11.5 Å². The Hall–Kier alpha value is -2.23. The van der Waals surface area contributed by atoms with Crippen LogP contribution in [-0.2, 0) is 0 Å². The van der Waals surface area contributed by atoms with Gasteiger partial charge in [0.1, 0.15) is 0 Å². The second-order valence-corrected chi connectivity index (χ2v) is 5.25. The highest BCUT2D eigenvalue weighted by Crippen LogP contribution is 2.34. The van der Waals surface area contributed by atoms with E-state index >= 15 is 0 Å². The second kappa shape index (κ2) is 6.48. The van der Waals surface area contributed by atoms with Gasteiger partial charge in [0.2, 0.25) is 0 Å². The minimum Gasteiger partial charge on any atom is -0.493 e. The summed E-state index contributed by atoms with van der Waals surface area (Å²) in [6.07, 6.45) is 8.61. The van der Waals surface area contributed by atoms with Gasteiger partial charge in [0.25, 0.3) is 0 Å². The van der Waals surface area contributed by atoms with Crippen LogP contribution in [0.5, 0.6) is 11.5 Å². The maximum atomic E-state index is 6.10. The van der Waals surface area contributed by atoms with Gasteiger partial charge in [-0.3, -0.25) is 4.98 Å². The van der Waals surface area contributed by atoms with Crippen molar-refractivity contribution in [3.63, 3.8) is 0 Å². The fourth-order valence-electron chi connectivity index (χ4n) is 2.63. The zero-order valence-electron chi connectivity index (χ0n) is 12.2. The smallest absolute Gasteiger partial charge is 0.163 e. The molecule has 0 amide bonds. The molecule has 1 aliphatic carbocycles. The van der Waals surface area contributed by atoms with Crippen LogP contribution in [0.15, 0.2) is 42.7 Å². The first-order chi connectivity index (χ1) is 10.3. The van der Waals surface area contributed by atoms with Crippen LogP contribution in [0.2, 0.25) is 0 Å². The Bertz CT molecular complexity index is 581. The molecule has 1 fully saturated rings. The van der Waals surface area contributed by atoms with Gasteiger partial charge in [-0.15, -0.1) is 0 Å². The number of pyridine rings is 1. The molecule has 0 spiro atoms. The molecule has 4 heteroatoms. The first-order valence-corrected chi connectivity index (χ1v) is 7.37. The molecule has 0 bridgehead atoms. The molecule has 4 nitrogen and oxygen atoms in total. The third-order valence-corrected chi connectivity index (χ3v) is 3.73. The molecule has 110 valence electrons. The van der Waals surface area contributed by atoms with E-state index in [1.54, 1.807) is 19.5 Å². The Balaban J connectivity index is 1.78. The van der Waals surface area contributed by atoms with Crippen molar-refractivity contribution in [3.8, 4) is 11.5 Å². The van der Waals surface area contributed by atoms with Crippen LogP contribution in [0.4, 0.5) is 11.4 Å². The molecule has 2 aromatic rings. The average Bonchev–Trinajstić information content (AvgIpc) is 3.02. The van der Waals surface area contributed by atoms with Crippen molar-refractivity contribution in [3.05, 3.63) is 42.7 Å². The van der Waals surface area contributed by atoms with Crippen molar-refractivity contribution in [2.75, 3.05) is 12.4 Å². The van der Waals surface area contributed by atoms with E-state index in [0.717, 1.165) is 35.7 Å². The van der Waals surface area contributed by atoms with Crippen LogP contribution < -0.4 is 14.8 Å². The van der Waals surface area contributed by atoms with Crippen LogP contribution in [0.25, 0.3) is 0 Å². The minimum absolute atomic E-state index is 0.315. The van der Waals surface area contributed by atoms with Gasteiger partial charge in [0, 0.05) is 29.8 Å². The first-order valence-electron chi connectivity index (χ1n) is 7.37. The third-order valence-electron chi connectivity index (χ3n) is 3.73. The number of hydrogen-bond donors (Lipinski definition) is 1. The van der Waals surface area contributed by atoms with Gasteiger partial charge in [-0.05, 0) is 49.9 Å². The number of nitrogens with zero attached hydrogens (tertiary/aromatic N) is 1. The molecule has 0 saturated heterocycles. The summed E-state index contributed by atoms with van der Waals surface area (Å²) in [7, 11) is 1.67. The Morgan fingerprint density at radius 1 is 1.00 bits per heavy atom. The molecule has 1 heterocycles. The summed E-state index contributed by atoms with van der Waals surface area (Å²) in [6.45, 7) is 0. The SMILES string of the molecule is COc1ccc(Nc2ccncc2)cc1OC1CCCC1. The Labute approximate surface area is 125 Å². The number of aromatic nitrogens is 1. The van der Waals surface area contributed by atoms with E-state index in [1.807, 2.05) is 30.3 Å². The highest BCUT2D eigenvalue weighted by molar-refractivity contribution is 5.63. The van der Waals surface area contributed by atoms with Crippen LogP contribution in [0, 0.1) is 0 Å². The van der Waals surface area contributed by atoms with E-state index in [4.69, 9.17) is 9.47 Å². The topological polar surface area (TPSA) is 43.4 Å². The molecular weight excluding hydrogens is 264 g/mol. The fraction of sp³-hybridized carbons (Fsp3) is 0.353. The largest absolute Gasteiger partial charge is 0.493 e. The lowest BCUT2D eigenvalue weighted by Gasteiger charge is -2.17. The molecule has 1 aromatic carbocycles. The molecule has 3 rings (SSSR count). The number of nitrogens with one attached hydrogen (secondary N) is 1. The maximum absolute atomic E-state index is 6.10. The molecule has 21 heavy (non-hydrogen) atoms. The molecule has 1 N–H and O–H groups in total. The normalized spacial score (nSPS) is 14.9. The summed E-state index contributed by atoms with van der Waals surface area (Å²) in [6, 6.07) is 9.79. The molecular formula is C17H20N2O2. The molecule has 1 aromatic heterocycles. The van der Waals surface area contributed by atoms with Crippen LogP contribution in [0.1, 0.15) is 25.7 Å². The van der Waals surface area contributed by atoms with Crippen molar-refractivity contribution < 1.29 is 9.47 Å². The number of ether oxygens (including phenoxy) is 2. The quantitative estimate of drug-likeness (QED) is 0.895. The van der Waals surface area contributed by atoms with Crippen molar-refractivity contribution >= 4 is 11.4 Å². The van der Waals surface area contributed by atoms with Crippen molar-refractivity contribution in [2.24, 2.45) is 0 Å². The maximum Gasteiger partial charge on any atom is 0.163 e. The zero-order valence-corrected chi connectivity index (χ0v) is 12.2. The molecule has 0 radical (unpaired) electrons. The predicted molar refractivity (Wildman–Crippen MR) is 83.4 cm³/mol. The fourth-order valence-corrected chi connectivity index (χ4v) is 2.63. The summed E-state index contributed by atoms with van der Waals surface area (Å²) >= 11 is 0. The molecule has 0 aliphatic heterocycles. The lowest BCUT2D eigenvalue weighted by molar-refractivity contribution is 0.201. The third kappa shape index (κ3) is 3.45. The number of benzene rings is 1. The summed E-state index contributed by atoms with van der Waals surface area (Å²) < 4.78 is 11.5. The zero-order chi connectivity index (χ0) is 14.5. The Kier molecular flexibility index (Phi) is 4.24. The first kappa shape index (κ1) is 13.7. The van der Waals surface area contributed by atoms with E-state index in [9.17, 15) is 0 Å². The monoisotopic (exact) mass is 284 g/mol. The molecule has 1 aliphatic rings. The van der Waals surface area contributed by atoms with Gasteiger partial charge in [-0.2, -0.15) is 0 Å². The lowest BCUT2D eigenvalue weighted by Crippen LogP contribution is -2.11. The van der Waals surface area contributed by atoms with Gasteiger partial charge < -0.3 is 14.8 Å². The van der Waals surface area contributed by atoms with E-state index in [2.05, 4.69) is 10.3 Å². The van der Waals surface area contributed by atoms with E-state index in [-0.39, 0.29) is 0 Å². The molecule has 0 unspecified atom stereocenters. The van der Waals surface area contributed by atoms with Gasteiger partial charge in [-0.25, -0.2) is 0 Å². The Morgan fingerprint density at radius 2 is 1.76 bits per heavy atom. The van der Waals surface area contributed by atoms with E-state index in [0.29, 0.717) is 6.10 Å². The van der Waals surface area contributed by atoms with Crippen LogP contribution >= 0.6 is 0 Å². The Morgan fingerprint density at radius 3 is 2.48 bits per heavy atom. The number of rotatable bonds is 5. The van der Waals surface area contributed by atoms with Crippen molar-refractivity contribution in [1.29, 1.82) is 0 Å². The summed E-state index contributed by atoms with van der Waals surface area (Å²) in [5, 5.41) is 3.34. The van der Waals surface area contributed by atoms with Crippen molar-refractivity contribution in [2.45, 2.75) is 31.8 Å². The van der Waals surface area contributed by atoms with Gasteiger partial charge in [0.05, 0.1) is 13.2 Å². The van der Waals surface area contributed by atoms with Crippen LogP contribution in [-0.4, -0.2) is 18.2 Å². The summed E-state index contributed by atoms with van der Waals surface area (Å²) in [5.74, 6) is 1.59. The summed E-state index contributed by atoms with van der Waals surface area (Å²) in [4.78, 5) is 4.02. The van der Waals surface area contributed by atoms with Gasteiger partial charge >= 0.3 is 0 Å². The van der Waals surface area contributed by atoms with Crippen LogP contribution in [0.3, 0.4) is 0 Å². The minimum atomic E-state index is 0.315. The van der Waals surface area contributed by atoms with E-state index in [1.165, 1.54) is 12.8 Å². The second-order valence-electron chi connectivity index (χ2n) is 5.25. The van der Waals surface area contributed by atoms with Crippen molar-refractivity contribution in [1.82, 2.24) is 4.98 Å². The van der Waals surface area contributed by atoms with E-state index < -0.39 is 0 Å². The lowest BCUT2D eigenvalue weighted by atomic mass is 10.2.